The van der Waals surface area contributed by atoms with Gasteiger partial charge in [0.25, 0.3) is 0 Å². The lowest BCUT2D eigenvalue weighted by Gasteiger charge is -2.48. The number of rotatable bonds is 5. The third kappa shape index (κ3) is 4.15. The molecule has 0 bridgehead atoms. The van der Waals surface area contributed by atoms with Crippen molar-refractivity contribution < 1.29 is 18.7 Å². The van der Waals surface area contributed by atoms with Gasteiger partial charge in [-0.25, -0.2) is 24.1 Å². The Labute approximate surface area is 198 Å². The summed E-state index contributed by atoms with van der Waals surface area (Å²) in [4.78, 5) is 31.5. The summed E-state index contributed by atoms with van der Waals surface area (Å²) in [7, 11) is 1.50. The maximum atomic E-state index is 15.0. The molecule has 1 saturated carbocycles. The number of carbonyl (C=O) groups excluding carboxylic acids is 1. The number of nitrogens with zero attached hydrogens (tertiary/aromatic N) is 6. The first-order chi connectivity index (χ1) is 16.5. The highest BCUT2D eigenvalue weighted by Gasteiger charge is 2.51. The minimum absolute atomic E-state index is 0.191. The van der Waals surface area contributed by atoms with Crippen LogP contribution in [0, 0.1) is 11.2 Å². The average molecular weight is 471 g/mol. The molecule has 3 aliphatic rings. The van der Waals surface area contributed by atoms with Crippen LogP contribution in [0.25, 0.3) is 11.3 Å². The van der Waals surface area contributed by atoms with E-state index < -0.39 is 0 Å². The number of anilines is 1. The predicted octanol–water partition coefficient (Wildman–Crippen LogP) is 2.82. The fraction of sp³-hybridized carbons (Fsp3) is 0.583. The van der Waals surface area contributed by atoms with Crippen LogP contribution in [0.15, 0.2) is 24.7 Å². The van der Waals surface area contributed by atoms with Crippen LogP contribution >= 0.6 is 0 Å². The van der Waals surface area contributed by atoms with E-state index in [2.05, 4.69) is 24.8 Å². The van der Waals surface area contributed by atoms with E-state index in [4.69, 9.17) is 9.47 Å². The molecule has 5 rings (SSSR count). The van der Waals surface area contributed by atoms with Crippen LogP contribution in [0.3, 0.4) is 0 Å². The van der Waals surface area contributed by atoms with E-state index >= 15 is 0 Å². The lowest BCUT2D eigenvalue weighted by Crippen LogP contribution is -2.58. The molecule has 0 N–H and O–H groups in total. The van der Waals surface area contributed by atoms with Gasteiger partial charge in [-0.3, -0.25) is 4.90 Å². The molecule has 0 unspecified atom stereocenters. The van der Waals surface area contributed by atoms with Gasteiger partial charge >= 0.3 is 6.09 Å². The number of methoxy groups -OCH3 is 1. The smallest absolute Gasteiger partial charge is 0.409 e. The Balaban J connectivity index is 1.23. The number of hydrogen-bond donors (Lipinski definition) is 0. The zero-order chi connectivity index (χ0) is 23.7. The van der Waals surface area contributed by atoms with Crippen LogP contribution < -0.4 is 9.64 Å². The Hall–Kier alpha value is -3.01. The first-order valence-corrected chi connectivity index (χ1v) is 11.9. The zero-order valence-electron chi connectivity index (χ0n) is 19.7. The summed E-state index contributed by atoms with van der Waals surface area (Å²) in [6.45, 7) is 7.15. The molecule has 0 radical (unpaired) electrons. The molecule has 10 heteroatoms. The van der Waals surface area contributed by atoms with Gasteiger partial charge in [0.1, 0.15) is 17.3 Å². The zero-order valence-corrected chi connectivity index (χ0v) is 19.7. The number of hydrogen-bond acceptors (Lipinski definition) is 8. The average Bonchev–Trinajstić information content (AvgIpc) is 3.29. The number of aromatic nitrogens is 3. The second-order valence-corrected chi connectivity index (χ2v) is 9.38. The molecule has 0 aromatic carbocycles. The summed E-state index contributed by atoms with van der Waals surface area (Å²) in [6, 6.07) is 1.87. The van der Waals surface area contributed by atoms with Crippen molar-refractivity contribution in [3.63, 3.8) is 0 Å². The molecule has 3 fully saturated rings. The third-order valence-electron chi connectivity index (χ3n) is 7.36. The van der Waals surface area contributed by atoms with E-state index in [1.165, 1.54) is 31.8 Å². The van der Waals surface area contributed by atoms with Crippen molar-refractivity contribution in [2.24, 2.45) is 5.41 Å². The first kappa shape index (κ1) is 22.8. The number of carbonyl (C=O) groups is 1. The van der Waals surface area contributed by atoms with Crippen molar-refractivity contribution in [2.75, 3.05) is 57.9 Å². The van der Waals surface area contributed by atoms with Crippen LogP contribution in [-0.4, -0.2) is 89.9 Å². The predicted molar refractivity (Wildman–Crippen MR) is 124 cm³/mol. The van der Waals surface area contributed by atoms with Gasteiger partial charge in [0.2, 0.25) is 5.88 Å². The Bertz CT molecular complexity index is 1040. The number of ether oxygens (including phenoxy) is 2. The number of halogens is 1. The molecule has 182 valence electrons. The van der Waals surface area contributed by atoms with Crippen LogP contribution in [0.1, 0.15) is 26.2 Å². The largest absolute Gasteiger partial charge is 0.479 e. The normalized spacial score (nSPS) is 22.0. The van der Waals surface area contributed by atoms with Crippen molar-refractivity contribution in [2.45, 2.75) is 32.2 Å². The van der Waals surface area contributed by atoms with Crippen molar-refractivity contribution in [3.8, 4) is 17.1 Å². The summed E-state index contributed by atoms with van der Waals surface area (Å²) in [6.07, 6.45) is 7.78. The van der Waals surface area contributed by atoms with E-state index in [-0.39, 0.29) is 23.2 Å². The lowest BCUT2D eigenvalue weighted by molar-refractivity contribution is -0.00294. The molecular formula is C24H31FN6O3. The van der Waals surface area contributed by atoms with E-state index in [1.54, 1.807) is 0 Å². The SMILES string of the molecule is CCOC(=O)N1CC2(CC[C@@H](N3CCN(c4nccc(F)c4-c4nccnc4OC)CC3)C2)C1. The van der Waals surface area contributed by atoms with Gasteiger partial charge in [0.05, 0.1) is 19.3 Å². The second kappa shape index (κ2) is 9.32. The van der Waals surface area contributed by atoms with Gasteiger partial charge in [0.15, 0.2) is 0 Å². The molecule has 34 heavy (non-hydrogen) atoms. The Kier molecular flexibility index (Phi) is 6.24. The molecule has 2 aromatic heterocycles. The summed E-state index contributed by atoms with van der Waals surface area (Å²) in [5.41, 5.74) is 0.935. The highest BCUT2D eigenvalue weighted by atomic mass is 19.1. The van der Waals surface area contributed by atoms with Crippen molar-refractivity contribution in [3.05, 3.63) is 30.5 Å². The Morgan fingerprint density at radius 2 is 1.91 bits per heavy atom. The molecule has 1 aliphatic carbocycles. The van der Waals surface area contributed by atoms with Gasteiger partial charge < -0.3 is 19.3 Å². The maximum Gasteiger partial charge on any atom is 0.409 e. The second-order valence-electron chi connectivity index (χ2n) is 9.38. The molecule has 2 aliphatic heterocycles. The molecule has 9 nitrogen and oxygen atoms in total. The number of piperazine rings is 1. The van der Waals surface area contributed by atoms with E-state index in [1.807, 2.05) is 11.8 Å². The molecule has 2 saturated heterocycles. The van der Waals surface area contributed by atoms with Crippen LogP contribution in [0.2, 0.25) is 0 Å². The van der Waals surface area contributed by atoms with E-state index in [9.17, 15) is 9.18 Å². The monoisotopic (exact) mass is 470 g/mol. The highest BCUT2D eigenvalue weighted by molar-refractivity contribution is 5.76. The Morgan fingerprint density at radius 3 is 2.65 bits per heavy atom. The van der Waals surface area contributed by atoms with Crippen molar-refractivity contribution in [1.29, 1.82) is 0 Å². The van der Waals surface area contributed by atoms with E-state index in [0.29, 0.717) is 29.7 Å². The summed E-state index contributed by atoms with van der Waals surface area (Å²) < 4.78 is 25.4. The highest BCUT2D eigenvalue weighted by Crippen LogP contribution is 2.47. The number of pyridine rings is 1. The Morgan fingerprint density at radius 1 is 1.15 bits per heavy atom. The molecule has 2 aromatic rings. The molecule has 1 amide bonds. The van der Waals surface area contributed by atoms with E-state index in [0.717, 1.165) is 58.5 Å². The first-order valence-electron chi connectivity index (χ1n) is 11.9. The summed E-state index contributed by atoms with van der Waals surface area (Å²) >= 11 is 0. The fourth-order valence-corrected chi connectivity index (χ4v) is 5.71. The third-order valence-corrected chi connectivity index (χ3v) is 7.36. The van der Waals surface area contributed by atoms with Crippen molar-refractivity contribution >= 4 is 11.9 Å². The van der Waals surface area contributed by atoms with Crippen molar-refractivity contribution in [1.82, 2.24) is 24.8 Å². The van der Waals surface area contributed by atoms with Crippen LogP contribution in [0.5, 0.6) is 5.88 Å². The quantitative estimate of drug-likeness (QED) is 0.660. The minimum Gasteiger partial charge on any atom is -0.479 e. The maximum absolute atomic E-state index is 15.0. The summed E-state index contributed by atoms with van der Waals surface area (Å²) in [5, 5.41) is 0. The van der Waals surface area contributed by atoms with Crippen LogP contribution in [0.4, 0.5) is 15.0 Å². The standard InChI is InChI=1S/C24H31FN6O3/c1-3-34-23(32)31-15-24(16-31)6-4-17(14-24)29-10-12-30(13-11-29)21-19(18(25)5-7-27-21)20-22(33-2)28-9-8-26-20/h5,7-9,17H,3-4,6,10-16H2,1-2H3/t17-/m1/s1. The van der Waals surface area contributed by atoms with Gasteiger partial charge in [-0.1, -0.05) is 0 Å². The summed E-state index contributed by atoms with van der Waals surface area (Å²) in [5.74, 6) is 0.466. The van der Waals surface area contributed by atoms with Gasteiger partial charge in [-0.15, -0.1) is 0 Å². The molecule has 1 spiro atoms. The molecule has 1 atom stereocenters. The van der Waals surface area contributed by atoms with Gasteiger partial charge in [0, 0.05) is 69.3 Å². The molecular weight excluding hydrogens is 439 g/mol. The molecule has 4 heterocycles. The topological polar surface area (TPSA) is 83.9 Å². The van der Waals surface area contributed by atoms with Gasteiger partial charge in [-0.2, -0.15) is 0 Å². The van der Waals surface area contributed by atoms with Crippen LogP contribution in [-0.2, 0) is 4.74 Å². The number of amides is 1. The fourth-order valence-electron chi connectivity index (χ4n) is 5.71. The number of likely N-dealkylation sites (tertiary alicyclic amines) is 1. The minimum atomic E-state index is -0.389. The lowest BCUT2D eigenvalue weighted by atomic mass is 9.78. The van der Waals surface area contributed by atoms with Gasteiger partial charge in [-0.05, 0) is 32.3 Å².